The fourth-order valence-corrected chi connectivity index (χ4v) is 2.84. The Kier molecular flexibility index (Phi) is 4.67. The van der Waals surface area contributed by atoms with E-state index in [0.717, 1.165) is 16.9 Å². The van der Waals surface area contributed by atoms with Crippen LogP contribution in [0.15, 0.2) is 54.7 Å². The molecule has 3 aromatic rings. The second-order valence-corrected chi connectivity index (χ2v) is 6.06. The van der Waals surface area contributed by atoms with Crippen LogP contribution in [0.1, 0.15) is 40.2 Å². The van der Waals surface area contributed by atoms with E-state index in [1.54, 1.807) is 29.9 Å². The van der Waals surface area contributed by atoms with E-state index in [1.807, 2.05) is 50.2 Å². The summed E-state index contributed by atoms with van der Waals surface area (Å²) in [4.78, 5) is 12.7. The Morgan fingerprint density at radius 1 is 1.12 bits per heavy atom. The first-order valence-corrected chi connectivity index (χ1v) is 8.18. The van der Waals surface area contributed by atoms with Gasteiger partial charge in [0.05, 0.1) is 29.2 Å². The number of aryl methyl sites for hydroxylation is 1. The monoisotopic (exact) mass is 335 g/mol. The molecule has 1 unspecified atom stereocenters. The van der Waals surface area contributed by atoms with Crippen LogP contribution in [0.2, 0.25) is 0 Å². The molecule has 1 heterocycles. The van der Waals surface area contributed by atoms with E-state index >= 15 is 0 Å². The number of aliphatic hydroxyl groups is 1. The number of anilines is 1. The van der Waals surface area contributed by atoms with Gasteiger partial charge in [-0.3, -0.25) is 4.79 Å². The van der Waals surface area contributed by atoms with E-state index in [2.05, 4.69) is 10.4 Å². The van der Waals surface area contributed by atoms with Gasteiger partial charge in [-0.15, -0.1) is 0 Å². The highest BCUT2D eigenvalue weighted by atomic mass is 16.3. The maximum atomic E-state index is 12.7. The number of amides is 1. The average Bonchev–Trinajstić information content (AvgIpc) is 2.97. The van der Waals surface area contributed by atoms with Crippen molar-refractivity contribution in [2.45, 2.75) is 26.9 Å². The van der Waals surface area contributed by atoms with Crippen molar-refractivity contribution in [3.63, 3.8) is 0 Å². The predicted octanol–water partition coefficient (Wildman–Crippen LogP) is 3.79. The molecule has 1 atom stereocenters. The number of benzene rings is 2. The lowest BCUT2D eigenvalue weighted by atomic mass is 10.1. The van der Waals surface area contributed by atoms with Crippen molar-refractivity contribution < 1.29 is 9.90 Å². The molecule has 0 aliphatic carbocycles. The Hall–Kier alpha value is -2.92. The van der Waals surface area contributed by atoms with Crippen LogP contribution in [0.4, 0.5) is 5.69 Å². The first kappa shape index (κ1) is 16.9. The normalized spacial score (nSPS) is 12.0. The Morgan fingerprint density at radius 3 is 2.52 bits per heavy atom. The standard InChI is InChI=1S/C20H21N3O2/c1-13-8-4-7-11-19(13)23-14(2)17(12-21-23)20(25)22-18-10-6-5-9-16(18)15(3)24/h4-12,15,24H,1-3H3,(H,22,25). The zero-order chi connectivity index (χ0) is 18.0. The molecule has 0 aliphatic rings. The number of carbonyl (C=O) groups is 1. The van der Waals surface area contributed by atoms with Crippen LogP contribution >= 0.6 is 0 Å². The van der Waals surface area contributed by atoms with Gasteiger partial charge < -0.3 is 10.4 Å². The third kappa shape index (κ3) is 3.32. The molecule has 25 heavy (non-hydrogen) atoms. The molecule has 2 N–H and O–H groups in total. The second-order valence-electron chi connectivity index (χ2n) is 6.06. The number of aliphatic hydroxyl groups excluding tert-OH is 1. The lowest BCUT2D eigenvalue weighted by Crippen LogP contribution is -2.15. The summed E-state index contributed by atoms with van der Waals surface area (Å²) in [6.07, 6.45) is 0.912. The summed E-state index contributed by atoms with van der Waals surface area (Å²) in [7, 11) is 0. The van der Waals surface area contributed by atoms with E-state index in [9.17, 15) is 9.90 Å². The summed E-state index contributed by atoms with van der Waals surface area (Å²) < 4.78 is 1.77. The van der Waals surface area contributed by atoms with Crippen LogP contribution in [0, 0.1) is 13.8 Å². The molecule has 0 aliphatic heterocycles. The summed E-state index contributed by atoms with van der Waals surface area (Å²) in [5, 5.41) is 17.1. The summed E-state index contributed by atoms with van der Waals surface area (Å²) in [5.74, 6) is -0.245. The fraction of sp³-hybridized carbons (Fsp3) is 0.200. The molecule has 0 fully saturated rings. The molecule has 0 radical (unpaired) electrons. The van der Waals surface area contributed by atoms with E-state index < -0.39 is 6.10 Å². The van der Waals surface area contributed by atoms with E-state index in [1.165, 1.54) is 0 Å². The maximum Gasteiger partial charge on any atom is 0.259 e. The van der Waals surface area contributed by atoms with Gasteiger partial charge >= 0.3 is 0 Å². The fourth-order valence-electron chi connectivity index (χ4n) is 2.84. The number of carbonyl (C=O) groups excluding carboxylic acids is 1. The van der Waals surface area contributed by atoms with Crippen molar-refractivity contribution in [3.05, 3.63) is 77.1 Å². The van der Waals surface area contributed by atoms with Crippen molar-refractivity contribution in [1.82, 2.24) is 9.78 Å². The minimum atomic E-state index is -0.660. The quantitative estimate of drug-likeness (QED) is 0.762. The zero-order valence-corrected chi connectivity index (χ0v) is 14.5. The number of rotatable bonds is 4. The molecule has 3 rings (SSSR count). The maximum absolute atomic E-state index is 12.7. The molecule has 128 valence electrons. The van der Waals surface area contributed by atoms with E-state index in [-0.39, 0.29) is 5.91 Å². The lowest BCUT2D eigenvalue weighted by molar-refractivity contribution is 0.102. The smallest absolute Gasteiger partial charge is 0.259 e. The van der Waals surface area contributed by atoms with Gasteiger partial charge in [-0.2, -0.15) is 5.10 Å². The average molecular weight is 335 g/mol. The van der Waals surface area contributed by atoms with Gasteiger partial charge in [0.15, 0.2) is 0 Å². The molecule has 1 amide bonds. The number of hydrogen-bond acceptors (Lipinski definition) is 3. The molecule has 0 spiro atoms. The van der Waals surface area contributed by atoms with Crippen LogP contribution in [0.5, 0.6) is 0 Å². The van der Waals surface area contributed by atoms with Gasteiger partial charge in [0.2, 0.25) is 0 Å². The highest BCUT2D eigenvalue weighted by Gasteiger charge is 2.17. The van der Waals surface area contributed by atoms with Crippen LogP contribution in [-0.2, 0) is 0 Å². The molecule has 0 saturated carbocycles. The summed E-state index contributed by atoms with van der Waals surface area (Å²) in [5.41, 5.74) is 4.58. The summed E-state index contributed by atoms with van der Waals surface area (Å²) in [6.45, 7) is 5.55. The first-order valence-electron chi connectivity index (χ1n) is 8.18. The SMILES string of the molecule is Cc1ccccc1-n1ncc(C(=O)Nc2ccccc2C(C)O)c1C. The molecule has 0 bridgehead atoms. The Labute approximate surface area is 146 Å². The third-order valence-corrected chi connectivity index (χ3v) is 4.26. The van der Waals surface area contributed by atoms with Crippen molar-refractivity contribution in [1.29, 1.82) is 0 Å². The molecule has 5 heteroatoms. The van der Waals surface area contributed by atoms with Gasteiger partial charge in [0.25, 0.3) is 5.91 Å². The van der Waals surface area contributed by atoms with E-state index in [0.29, 0.717) is 16.8 Å². The van der Waals surface area contributed by atoms with Crippen LogP contribution in [-0.4, -0.2) is 20.8 Å². The third-order valence-electron chi connectivity index (χ3n) is 4.26. The number of para-hydroxylation sites is 2. The molecular formula is C20H21N3O2. The van der Waals surface area contributed by atoms with Gasteiger partial charge in [-0.05, 0) is 38.5 Å². The number of nitrogens with one attached hydrogen (secondary N) is 1. The Morgan fingerprint density at radius 2 is 1.80 bits per heavy atom. The largest absolute Gasteiger partial charge is 0.389 e. The Balaban J connectivity index is 1.91. The number of nitrogens with zero attached hydrogens (tertiary/aromatic N) is 2. The van der Waals surface area contributed by atoms with Gasteiger partial charge in [-0.1, -0.05) is 36.4 Å². The van der Waals surface area contributed by atoms with Gasteiger partial charge in [0, 0.05) is 11.3 Å². The molecule has 0 saturated heterocycles. The minimum Gasteiger partial charge on any atom is -0.389 e. The number of aromatic nitrogens is 2. The van der Waals surface area contributed by atoms with Crippen molar-refractivity contribution in [2.75, 3.05) is 5.32 Å². The summed E-state index contributed by atoms with van der Waals surface area (Å²) >= 11 is 0. The van der Waals surface area contributed by atoms with Crippen molar-refractivity contribution in [3.8, 4) is 5.69 Å². The second kappa shape index (κ2) is 6.91. The minimum absolute atomic E-state index is 0.245. The van der Waals surface area contributed by atoms with E-state index in [4.69, 9.17) is 0 Å². The Bertz CT molecular complexity index is 913. The zero-order valence-electron chi connectivity index (χ0n) is 14.5. The molecule has 1 aromatic heterocycles. The van der Waals surface area contributed by atoms with Crippen LogP contribution in [0.3, 0.4) is 0 Å². The molecule has 2 aromatic carbocycles. The molecule has 5 nitrogen and oxygen atoms in total. The van der Waals surface area contributed by atoms with Crippen molar-refractivity contribution >= 4 is 11.6 Å². The van der Waals surface area contributed by atoms with Crippen LogP contribution < -0.4 is 5.32 Å². The van der Waals surface area contributed by atoms with Gasteiger partial charge in [0.1, 0.15) is 0 Å². The lowest BCUT2D eigenvalue weighted by Gasteiger charge is -2.13. The topological polar surface area (TPSA) is 67.2 Å². The van der Waals surface area contributed by atoms with Crippen molar-refractivity contribution in [2.24, 2.45) is 0 Å². The number of hydrogen-bond donors (Lipinski definition) is 2. The highest BCUT2D eigenvalue weighted by Crippen LogP contribution is 2.24. The van der Waals surface area contributed by atoms with Crippen LogP contribution in [0.25, 0.3) is 5.69 Å². The first-order chi connectivity index (χ1) is 12.0. The highest BCUT2D eigenvalue weighted by molar-refractivity contribution is 6.05. The summed E-state index contributed by atoms with van der Waals surface area (Å²) in [6, 6.07) is 15.1. The van der Waals surface area contributed by atoms with Gasteiger partial charge in [-0.25, -0.2) is 4.68 Å². The molecular weight excluding hydrogens is 314 g/mol. The predicted molar refractivity (Wildman–Crippen MR) is 98.1 cm³/mol.